The smallest absolute Gasteiger partial charge is 0.315 e. The van der Waals surface area contributed by atoms with Crippen LogP contribution in [0.3, 0.4) is 0 Å². The second kappa shape index (κ2) is 6.33. The Labute approximate surface area is 120 Å². The van der Waals surface area contributed by atoms with E-state index in [-0.39, 0.29) is 11.7 Å². The van der Waals surface area contributed by atoms with Gasteiger partial charge in [0.15, 0.2) is 0 Å². The number of carbonyl (C=O) groups is 1. The standard InChI is InChI=1S/C13H14N4O2S/c1-9-12(14-13(19)16-15-9)20-8-11(18)17(2)10-6-4-3-5-7-10/h3-7H,8H2,1-2H3,(H,14,16,19). The van der Waals surface area contributed by atoms with Crippen LogP contribution in [0, 0.1) is 6.92 Å². The molecular weight excluding hydrogens is 276 g/mol. The monoisotopic (exact) mass is 290 g/mol. The van der Waals surface area contributed by atoms with Gasteiger partial charge in [-0.1, -0.05) is 30.0 Å². The van der Waals surface area contributed by atoms with Gasteiger partial charge in [0.1, 0.15) is 5.03 Å². The van der Waals surface area contributed by atoms with Gasteiger partial charge in [0.2, 0.25) is 5.91 Å². The summed E-state index contributed by atoms with van der Waals surface area (Å²) in [6.07, 6.45) is 0. The molecule has 0 saturated carbocycles. The molecule has 0 radical (unpaired) electrons. The SMILES string of the molecule is Cc1n[nH]c(=O)nc1SCC(=O)N(C)c1ccccc1. The van der Waals surface area contributed by atoms with Crippen LogP contribution in [0.4, 0.5) is 5.69 Å². The lowest BCUT2D eigenvalue weighted by atomic mass is 10.3. The van der Waals surface area contributed by atoms with Gasteiger partial charge in [0, 0.05) is 12.7 Å². The zero-order valence-electron chi connectivity index (χ0n) is 11.2. The average molecular weight is 290 g/mol. The van der Waals surface area contributed by atoms with Crippen molar-refractivity contribution < 1.29 is 4.79 Å². The minimum absolute atomic E-state index is 0.0670. The van der Waals surface area contributed by atoms with Crippen LogP contribution >= 0.6 is 11.8 Å². The molecule has 1 amide bonds. The minimum Gasteiger partial charge on any atom is -0.315 e. The van der Waals surface area contributed by atoms with Gasteiger partial charge in [0.25, 0.3) is 0 Å². The van der Waals surface area contributed by atoms with E-state index in [0.717, 1.165) is 5.69 Å². The number of H-pyrrole nitrogens is 1. The van der Waals surface area contributed by atoms with E-state index in [1.165, 1.54) is 11.8 Å². The summed E-state index contributed by atoms with van der Waals surface area (Å²) < 4.78 is 0. The van der Waals surface area contributed by atoms with Crippen LogP contribution in [0.5, 0.6) is 0 Å². The van der Waals surface area contributed by atoms with Gasteiger partial charge in [-0.3, -0.25) is 4.79 Å². The normalized spacial score (nSPS) is 10.3. The lowest BCUT2D eigenvalue weighted by Crippen LogP contribution is -2.28. The molecule has 0 aliphatic carbocycles. The highest BCUT2D eigenvalue weighted by Gasteiger charge is 2.13. The number of aromatic amines is 1. The summed E-state index contributed by atoms with van der Waals surface area (Å²) in [6, 6.07) is 9.37. The Morgan fingerprint density at radius 2 is 2.05 bits per heavy atom. The van der Waals surface area contributed by atoms with E-state index in [4.69, 9.17) is 0 Å². The Morgan fingerprint density at radius 1 is 1.35 bits per heavy atom. The van der Waals surface area contributed by atoms with Crippen LogP contribution in [0.2, 0.25) is 0 Å². The molecule has 20 heavy (non-hydrogen) atoms. The van der Waals surface area contributed by atoms with Gasteiger partial charge >= 0.3 is 5.69 Å². The number of carbonyl (C=O) groups excluding carboxylic acids is 1. The first-order valence-corrected chi connectivity index (χ1v) is 6.94. The molecule has 0 atom stereocenters. The largest absolute Gasteiger partial charge is 0.362 e. The number of benzene rings is 1. The Balaban J connectivity index is 2.02. The van der Waals surface area contributed by atoms with Crippen LogP contribution < -0.4 is 10.6 Å². The number of amides is 1. The summed E-state index contributed by atoms with van der Waals surface area (Å²) >= 11 is 1.21. The molecule has 0 bridgehead atoms. The van der Waals surface area contributed by atoms with E-state index < -0.39 is 5.69 Å². The minimum atomic E-state index is -0.512. The molecule has 0 aliphatic rings. The van der Waals surface area contributed by atoms with E-state index >= 15 is 0 Å². The van der Waals surface area contributed by atoms with Crippen LogP contribution in [-0.2, 0) is 4.79 Å². The Kier molecular flexibility index (Phi) is 4.52. The topological polar surface area (TPSA) is 79.0 Å². The number of aromatic nitrogens is 3. The Hall–Kier alpha value is -2.15. The second-order valence-corrected chi connectivity index (χ2v) is 5.07. The van der Waals surface area contributed by atoms with Crippen molar-refractivity contribution in [2.45, 2.75) is 11.9 Å². The number of nitrogens with zero attached hydrogens (tertiary/aromatic N) is 3. The fourth-order valence-electron chi connectivity index (χ4n) is 1.54. The summed E-state index contributed by atoms with van der Waals surface area (Å²) in [5, 5.41) is 6.54. The molecule has 0 saturated heterocycles. The third-order valence-electron chi connectivity index (χ3n) is 2.68. The molecule has 7 heteroatoms. The quantitative estimate of drug-likeness (QED) is 0.857. The predicted octanol–water partition coefficient (Wildman–Crippen LogP) is 1.23. The molecule has 1 aromatic heterocycles. The number of para-hydroxylation sites is 1. The van der Waals surface area contributed by atoms with Gasteiger partial charge in [-0.15, -0.1) is 0 Å². The van der Waals surface area contributed by atoms with Crippen LogP contribution in [0.1, 0.15) is 5.69 Å². The van der Waals surface area contributed by atoms with E-state index in [9.17, 15) is 9.59 Å². The Morgan fingerprint density at radius 3 is 2.75 bits per heavy atom. The first-order chi connectivity index (χ1) is 9.58. The molecule has 0 unspecified atom stereocenters. The van der Waals surface area contributed by atoms with Gasteiger partial charge in [-0.25, -0.2) is 9.89 Å². The van der Waals surface area contributed by atoms with Crippen molar-refractivity contribution in [3.8, 4) is 0 Å². The van der Waals surface area contributed by atoms with Crippen molar-refractivity contribution in [3.63, 3.8) is 0 Å². The molecule has 104 valence electrons. The van der Waals surface area contributed by atoms with Crippen molar-refractivity contribution in [2.24, 2.45) is 0 Å². The lowest BCUT2D eigenvalue weighted by Gasteiger charge is -2.16. The molecular formula is C13H14N4O2S. The fraction of sp³-hybridized carbons (Fsp3) is 0.231. The zero-order valence-corrected chi connectivity index (χ0v) is 12.0. The number of anilines is 1. The zero-order chi connectivity index (χ0) is 14.5. The maximum absolute atomic E-state index is 12.1. The van der Waals surface area contributed by atoms with Gasteiger partial charge < -0.3 is 4.90 Å². The second-order valence-electron chi connectivity index (χ2n) is 4.11. The van der Waals surface area contributed by atoms with E-state index in [2.05, 4.69) is 15.2 Å². The van der Waals surface area contributed by atoms with Gasteiger partial charge in [-0.2, -0.15) is 10.1 Å². The summed E-state index contributed by atoms with van der Waals surface area (Å²) in [5.41, 5.74) is 0.915. The highest BCUT2D eigenvalue weighted by molar-refractivity contribution is 8.00. The highest BCUT2D eigenvalue weighted by Crippen LogP contribution is 2.18. The lowest BCUT2D eigenvalue weighted by molar-refractivity contribution is -0.115. The van der Waals surface area contributed by atoms with E-state index in [1.54, 1.807) is 18.9 Å². The molecule has 2 rings (SSSR count). The third kappa shape index (κ3) is 3.45. The average Bonchev–Trinajstić information content (AvgIpc) is 2.48. The maximum atomic E-state index is 12.1. The van der Waals surface area contributed by atoms with Crippen LogP contribution in [-0.4, -0.2) is 33.9 Å². The molecule has 1 heterocycles. The highest BCUT2D eigenvalue weighted by atomic mass is 32.2. The molecule has 6 nitrogen and oxygen atoms in total. The van der Waals surface area contributed by atoms with E-state index in [1.807, 2.05) is 30.3 Å². The predicted molar refractivity (Wildman–Crippen MR) is 78.0 cm³/mol. The number of rotatable bonds is 4. The Bertz CT molecular complexity index is 657. The first kappa shape index (κ1) is 14.3. The van der Waals surface area contributed by atoms with Crippen molar-refractivity contribution in [1.29, 1.82) is 0 Å². The van der Waals surface area contributed by atoms with Crippen molar-refractivity contribution >= 4 is 23.4 Å². The summed E-state index contributed by atoms with van der Waals surface area (Å²) in [7, 11) is 1.72. The molecule has 0 fully saturated rings. The van der Waals surface area contributed by atoms with Crippen LogP contribution in [0.25, 0.3) is 0 Å². The summed E-state index contributed by atoms with van der Waals surface area (Å²) in [6.45, 7) is 1.73. The third-order valence-corrected chi connectivity index (χ3v) is 3.73. The van der Waals surface area contributed by atoms with E-state index in [0.29, 0.717) is 10.7 Å². The molecule has 2 aromatic rings. The number of hydrogen-bond donors (Lipinski definition) is 1. The fourth-order valence-corrected chi connectivity index (χ4v) is 2.39. The molecule has 0 spiro atoms. The number of thioether (sulfide) groups is 1. The molecule has 1 aromatic carbocycles. The molecule has 0 aliphatic heterocycles. The number of nitrogens with one attached hydrogen (secondary N) is 1. The van der Waals surface area contributed by atoms with Crippen molar-refractivity contribution in [2.75, 3.05) is 17.7 Å². The maximum Gasteiger partial charge on any atom is 0.362 e. The summed E-state index contributed by atoms with van der Waals surface area (Å²) in [4.78, 5) is 28.6. The van der Waals surface area contributed by atoms with Gasteiger partial charge in [-0.05, 0) is 19.1 Å². The number of aryl methyl sites for hydroxylation is 1. The summed E-state index contributed by atoms with van der Waals surface area (Å²) in [5.74, 6) is 0.132. The van der Waals surface area contributed by atoms with Crippen LogP contribution in [0.15, 0.2) is 40.2 Å². The van der Waals surface area contributed by atoms with Gasteiger partial charge in [0.05, 0.1) is 11.4 Å². The molecule has 1 N–H and O–H groups in total. The van der Waals surface area contributed by atoms with Crippen molar-refractivity contribution in [1.82, 2.24) is 15.2 Å². The first-order valence-electron chi connectivity index (χ1n) is 5.95. The number of hydrogen-bond acceptors (Lipinski definition) is 5. The van der Waals surface area contributed by atoms with Crippen molar-refractivity contribution in [3.05, 3.63) is 46.5 Å².